The van der Waals surface area contributed by atoms with E-state index in [1.165, 1.54) is 0 Å². The molecule has 0 aliphatic carbocycles. The number of nitrogens with two attached hydrogens (primary N) is 2. The first-order valence-electron chi connectivity index (χ1n) is 7.51. The summed E-state index contributed by atoms with van der Waals surface area (Å²) in [6.45, 7) is 0. The Morgan fingerprint density at radius 3 is 2.04 bits per heavy atom. The van der Waals surface area contributed by atoms with Crippen LogP contribution in [0.15, 0.2) is 66.7 Å². The highest BCUT2D eigenvalue weighted by Crippen LogP contribution is 2.28. The highest BCUT2D eigenvalue weighted by atomic mass is 35.5. The third kappa shape index (κ3) is 3.91. The molecule has 0 unspecified atom stereocenters. The summed E-state index contributed by atoms with van der Waals surface area (Å²) in [4.78, 5) is 11.8. The SMILES string of the molecule is NNC(=O)c1cc(-c2ccc(Oc3ccc(Cl)cc3)cc2)ccc1N. The van der Waals surface area contributed by atoms with Crippen LogP contribution in [0.25, 0.3) is 11.1 Å². The summed E-state index contributed by atoms with van der Waals surface area (Å²) < 4.78 is 5.76. The normalized spacial score (nSPS) is 10.3. The molecule has 0 atom stereocenters. The van der Waals surface area contributed by atoms with Crippen molar-refractivity contribution in [3.8, 4) is 22.6 Å². The van der Waals surface area contributed by atoms with Gasteiger partial charge in [-0.15, -0.1) is 0 Å². The van der Waals surface area contributed by atoms with Crippen LogP contribution in [0, 0.1) is 0 Å². The van der Waals surface area contributed by atoms with Gasteiger partial charge in [0.1, 0.15) is 11.5 Å². The molecule has 0 saturated carbocycles. The summed E-state index contributed by atoms with van der Waals surface area (Å²) in [6.07, 6.45) is 0. The summed E-state index contributed by atoms with van der Waals surface area (Å²) in [5, 5.41) is 0.656. The van der Waals surface area contributed by atoms with Crippen LogP contribution < -0.4 is 21.7 Å². The molecule has 0 bridgehead atoms. The fraction of sp³-hybridized carbons (Fsp3) is 0. The number of benzene rings is 3. The lowest BCUT2D eigenvalue weighted by Crippen LogP contribution is -2.30. The van der Waals surface area contributed by atoms with Gasteiger partial charge in [0.05, 0.1) is 5.56 Å². The molecule has 5 nitrogen and oxygen atoms in total. The number of halogens is 1. The van der Waals surface area contributed by atoms with Crippen LogP contribution in [0.4, 0.5) is 5.69 Å². The minimum Gasteiger partial charge on any atom is -0.457 e. The Morgan fingerprint density at radius 1 is 0.880 bits per heavy atom. The van der Waals surface area contributed by atoms with Crippen molar-refractivity contribution in [1.29, 1.82) is 0 Å². The van der Waals surface area contributed by atoms with E-state index in [-0.39, 0.29) is 0 Å². The molecule has 0 saturated heterocycles. The highest BCUT2D eigenvalue weighted by molar-refractivity contribution is 6.30. The van der Waals surface area contributed by atoms with Crippen LogP contribution in [-0.4, -0.2) is 5.91 Å². The molecule has 0 heterocycles. The third-order valence-corrected chi connectivity index (χ3v) is 3.92. The second-order valence-corrected chi connectivity index (χ2v) is 5.79. The van der Waals surface area contributed by atoms with Gasteiger partial charge in [-0.25, -0.2) is 5.84 Å². The number of amides is 1. The van der Waals surface area contributed by atoms with Crippen molar-refractivity contribution in [1.82, 2.24) is 5.43 Å². The van der Waals surface area contributed by atoms with Gasteiger partial charge in [0.25, 0.3) is 5.91 Å². The van der Waals surface area contributed by atoms with E-state index < -0.39 is 5.91 Å². The van der Waals surface area contributed by atoms with Crippen molar-refractivity contribution in [3.63, 3.8) is 0 Å². The van der Waals surface area contributed by atoms with E-state index in [4.69, 9.17) is 27.9 Å². The first-order chi connectivity index (χ1) is 12.1. The average Bonchev–Trinajstić information content (AvgIpc) is 2.64. The number of nitrogen functional groups attached to an aromatic ring is 2. The Morgan fingerprint density at radius 2 is 1.44 bits per heavy atom. The van der Waals surface area contributed by atoms with Crippen LogP contribution in [0.2, 0.25) is 5.02 Å². The summed E-state index contributed by atoms with van der Waals surface area (Å²) >= 11 is 5.86. The predicted molar refractivity (Wildman–Crippen MR) is 99.5 cm³/mol. The molecule has 126 valence electrons. The van der Waals surface area contributed by atoms with Crippen LogP contribution >= 0.6 is 11.6 Å². The number of nitrogens with one attached hydrogen (secondary N) is 1. The van der Waals surface area contributed by atoms with Crippen molar-refractivity contribution in [2.45, 2.75) is 0 Å². The highest BCUT2D eigenvalue weighted by Gasteiger charge is 2.10. The molecule has 3 aromatic rings. The van der Waals surface area contributed by atoms with Crippen LogP contribution in [0.3, 0.4) is 0 Å². The molecular weight excluding hydrogens is 338 g/mol. The van der Waals surface area contributed by atoms with Gasteiger partial charge in [-0.05, 0) is 59.7 Å². The Kier molecular flexibility index (Phi) is 4.88. The van der Waals surface area contributed by atoms with Crippen molar-refractivity contribution >= 4 is 23.2 Å². The summed E-state index contributed by atoms with van der Waals surface area (Å²) in [5.74, 6) is 6.15. The Bertz CT molecular complexity index is 894. The topological polar surface area (TPSA) is 90.4 Å². The number of hydrogen-bond acceptors (Lipinski definition) is 4. The van der Waals surface area contributed by atoms with Gasteiger partial charge in [0.2, 0.25) is 0 Å². The van der Waals surface area contributed by atoms with E-state index in [1.54, 1.807) is 36.4 Å². The van der Waals surface area contributed by atoms with Gasteiger partial charge >= 0.3 is 0 Å². The molecule has 5 N–H and O–H groups in total. The van der Waals surface area contributed by atoms with Gasteiger partial charge in [-0.1, -0.05) is 29.8 Å². The molecule has 0 radical (unpaired) electrons. The van der Waals surface area contributed by atoms with Crippen molar-refractivity contribution < 1.29 is 9.53 Å². The number of hydrazine groups is 1. The summed E-state index contributed by atoms with van der Waals surface area (Å²) in [7, 11) is 0. The molecule has 0 aliphatic heterocycles. The second-order valence-electron chi connectivity index (χ2n) is 5.36. The largest absolute Gasteiger partial charge is 0.457 e. The van der Waals surface area contributed by atoms with Gasteiger partial charge in [0.15, 0.2) is 0 Å². The fourth-order valence-corrected chi connectivity index (χ4v) is 2.49. The molecular formula is C19H16ClN3O2. The minimum absolute atomic E-state index is 0.335. The zero-order valence-corrected chi connectivity index (χ0v) is 14.0. The molecule has 1 amide bonds. The Hall–Kier alpha value is -3.02. The lowest BCUT2D eigenvalue weighted by Gasteiger charge is -2.09. The summed E-state index contributed by atoms with van der Waals surface area (Å²) in [6, 6.07) is 19.9. The zero-order chi connectivity index (χ0) is 17.8. The standard InChI is InChI=1S/C19H16ClN3O2/c20-14-4-8-16(9-5-14)25-15-6-1-12(2-7-15)13-3-10-18(21)17(11-13)19(24)23-22/h1-11H,21-22H2,(H,23,24). The number of carbonyl (C=O) groups is 1. The Balaban J connectivity index is 1.82. The quantitative estimate of drug-likeness (QED) is 0.286. The number of carbonyl (C=O) groups excluding carboxylic acids is 1. The molecule has 0 fully saturated rings. The molecule has 25 heavy (non-hydrogen) atoms. The third-order valence-electron chi connectivity index (χ3n) is 3.67. The van der Waals surface area contributed by atoms with Crippen molar-refractivity contribution in [2.24, 2.45) is 5.84 Å². The summed E-state index contributed by atoms with van der Waals surface area (Å²) in [5.41, 5.74) is 10.4. The first-order valence-corrected chi connectivity index (χ1v) is 7.89. The van der Waals surface area contributed by atoms with Crippen molar-refractivity contribution in [3.05, 3.63) is 77.3 Å². The maximum absolute atomic E-state index is 11.8. The number of hydrogen-bond donors (Lipinski definition) is 3. The maximum Gasteiger partial charge on any atom is 0.267 e. The second kappa shape index (κ2) is 7.25. The smallest absolute Gasteiger partial charge is 0.267 e. The van der Waals surface area contributed by atoms with Crippen LogP contribution in [-0.2, 0) is 0 Å². The predicted octanol–water partition coefficient (Wildman–Crippen LogP) is 3.99. The van der Waals surface area contributed by atoms with Gasteiger partial charge in [0, 0.05) is 10.7 Å². The molecule has 3 aromatic carbocycles. The average molecular weight is 354 g/mol. The lowest BCUT2D eigenvalue weighted by atomic mass is 10.0. The van der Waals surface area contributed by atoms with E-state index in [2.05, 4.69) is 5.43 Å². The van der Waals surface area contributed by atoms with E-state index in [9.17, 15) is 4.79 Å². The number of ether oxygens (including phenoxy) is 1. The van der Waals surface area contributed by atoms with Gasteiger partial charge < -0.3 is 10.5 Å². The zero-order valence-electron chi connectivity index (χ0n) is 13.2. The maximum atomic E-state index is 11.8. The van der Waals surface area contributed by atoms with Crippen LogP contribution in [0.5, 0.6) is 11.5 Å². The van der Waals surface area contributed by atoms with Crippen molar-refractivity contribution in [2.75, 3.05) is 5.73 Å². The van der Waals surface area contributed by atoms with E-state index in [0.29, 0.717) is 27.8 Å². The Labute approximate surface area is 150 Å². The fourth-order valence-electron chi connectivity index (χ4n) is 2.36. The van der Waals surface area contributed by atoms with E-state index in [1.807, 2.05) is 30.3 Å². The molecule has 0 aliphatic rings. The van der Waals surface area contributed by atoms with Gasteiger partial charge in [-0.2, -0.15) is 0 Å². The lowest BCUT2D eigenvalue weighted by molar-refractivity contribution is 0.0954. The van der Waals surface area contributed by atoms with E-state index in [0.717, 1.165) is 11.1 Å². The van der Waals surface area contributed by atoms with E-state index >= 15 is 0 Å². The molecule has 3 rings (SSSR count). The molecule has 0 spiro atoms. The monoisotopic (exact) mass is 353 g/mol. The molecule has 0 aromatic heterocycles. The van der Waals surface area contributed by atoms with Crippen LogP contribution in [0.1, 0.15) is 10.4 Å². The van der Waals surface area contributed by atoms with Gasteiger partial charge in [-0.3, -0.25) is 10.2 Å². The number of rotatable bonds is 4. The number of anilines is 1. The molecule has 6 heteroatoms. The minimum atomic E-state index is -0.429. The first kappa shape index (κ1) is 16.8.